The number of piperidine rings is 1. The highest BCUT2D eigenvalue weighted by Gasteiger charge is 2.23. The lowest BCUT2D eigenvalue weighted by atomic mass is 10.0. The number of ether oxygens (including phenoxy) is 1. The molecule has 3 rings (SSSR count). The Kier molecular flexibility index (Phi) is 8.14. The molecule has 0 bridgehead atoms. The van der Waals surface area contributed by atoms with E-state index in [1.807, 2.05) is 53.4 Å². The fraction of sp³-hybridized carbons (Fsp3) is 0.417. The minimum Gasteiger partial charge on any atom is -0.483 e. The number of para-hydroxylation sites is 1. The number of nitrogens with zero attached hydrogens (tertiary/aromatic N) is 1. The molecule has 1 N–H and O–H groups in total. The molecular weight excluding hydrogens is 400 g/mol. The largest absolute Gasteiger partial charge is 0.483 e. The molecule has 2 amide bonds. The van der Waals surface area contributed by atoms with E-state index < -0.39 is 0 Å². The fourth-order valence-electron chi connectivity index (χ4n) is 3.68. The Bertz CT molecular complexity index is 846. The number of rotatable bonds is 8. The molecule has 30 heavy (non-hydrogen) atoms. The summed E-state index contributed by atoms with van der Waals surface area (Å²) in [5, 5.41) is 3.74. The highest BCUT2D eigenvalue weighted by Crippen LogP contribution is 2.18. The van der Waals surface area contributed by atoms with Gasteiger partial charge >= 0.3 is 0 Å². The minimum atomic E-state index is -0.117. The summed E-state index contributed by atoms with van der Waals surface area (Å²) in [5.74, 6) is 0.805. The first kappa shape index (κ1) is 22.2. The second-order valence-electron chi connectivity index (χ2n) is 7.60. The van der Waals surface area contributed by atoms with Crippen molar-refractivity contribution in [2.24, 2.45) is 0 Å². The molecule has 0 aromatic heterocycles. The van der Waals surface area contributed by atoms with E-state index in [1.54, 1.807) is 0 Å². The molecule has 1 aliphatic rings. The zero-order valence-corrected chi connectivity index (χ0v) is 18.2. The van der Waals surface area contributed by atoms with Gasteiger partial charge in [-0.3, -0.25) is 9.59 Å². The van der Waals surface area contributed by atoms with Crippen molar-refractivity contribution in [3.63, 3.8) is 0 Å². The van der Waals surface area contributed by atoms with Crippen molar-refractivity contribution < 1.29 is 14.3 Å². The van der Waals surface area contributed by atoms with Gasteiger partial charge in [-0.05, 0) is 55.0 Å². The number of aryl methyl sites for hydroxylation is 2. The zero-order valence-electron chi connectivity index (χ0n) is 17.4. The Morgan fingerprint density at radius 3 is 2.50 bits per heavy atom. The van der Waals surface area contributed by atoms with Crippen molar-refractivity contribution in [2.45, 2.75) is 45.1 Å². The summed E-state index contributed by atoms with van der Waals surface area (Å²) in [6.45, 7) is 3.41. The Hall–Kier alpha value is -2.53. The van der Waals surface area contributed by atoms with Gasteiger partial charge in [0.15, 0.2) is 6.61 Å². The summed E-state index contributed by atoms with van der Waals surface area (Å²) in [4.78, 5) is 26.6. The average Bonchev–Trinajstić information content (AvgIpc) is 2.77. The second-order valence-corrected chi connectivity index (χ2v) is 8.04. The van der Waals surface area contributed by atoms with Crippen LogP contribution in [0.25, 0.3) is 0 Å². The maximum atomic E-state index is 12.5. The first-order chi connectivity index (χ1) is 14.5. The Balaban J connectivity index is 1.36. The third-order valence-electron chi connectivity index (χ3n) is 5.47. The summed E-state index contributed by atoms with van der Waals surface area (Å²) < 4.78 is 5.69. The van der Waals surface area contributed by atoms with Gasteiger partial charge in [0.1, 0.15) is 5.75 Å². The molecule has 2 aromatic carbocycles. The van der Waals surface area contributed by atoms with Crippen LogP contribution in [0.2, 0.25) is 5.02 Å². The standard InChI is InChI=1S/C24H29ClN2O3/c1-2-19-5-3-4-6-22(19)30-17-23(28)26-21-13-15-27(16-14-21)24(29)12-9-18-7-10-20(25)11-8-18/h3-8,10-11,21H,2,9,12-17H2,1H3,(H,26,28). The number of amides is 2. The molecule has 6 heteroatoms. The van der Waals surface area contributed by atoms with Gasteiger partial charge in [-0.25, -0.2) is 0 Å². The number of likely N-dealkylation sites (tertiary alicyclic amines) is 1. The van der Waals surface area contributed by atoms with Crippen molar-refractivity contribution in [2.75, 3.05) is 19.7 Å². The highest BCUT2D eigenvalue weighted by atomic mass is 35.5. The van der Waals surface area contributed by atoms with Crippen molar-refractivity contribution in [1.82, 2.24) is 10.2 Å². The molecule has 160 valence electrons. The second kappa shape index (κ2) is 11.0. The smallest absolute Gasteiger partial charge is 0.258 e. The summed E-state index contributed by atoms with van der Waals surface area (Å²) in [6, 6.07) is 15.5. The summed E-state index contributed by atoms with van der Waals surface area (Å²) in [7, 11) is 0. The molecular formula is C24H29ClN2O3. The molecule has 1 heterocycles. The third-order valence-corrected chi connectivity index (χ3v) is 5.72. The first-order valence-corrected chi connectivity index (χ1v) is 10.9. The van der Waals surface area contributed by atoms with Crippen LogP contribution in [0.4, 0.5) is 0 Å². The number of benzene rings is 2. The van der Waals surface area contributed by atoms with Crippen molar-refractivity contribution in [3.8, 4) is 5.75 Å². The molecule has 0 spiro atoms. The van der Waals surface area contributed by atoms with E-state index in [1.165, 1.54) is 0 Å². The Labute approximate surface area is 183 Å². The van der Waals surface area contributed by atoms with E-state index in [9.17, 15) is 9.59 Å². The van der Waals surface area contributed by atoms with Crippen LogP contribution in [0.15, 0.2) is 48.5 Å². The van der Waals surface area contributed by atoms with Crippen molar-refractivity contribution in [3.05, 3.63) is 64.7 Å². The molecule has 1 fully saturated rings. The van der Waals surface area contributed by atoms with E-state index >= 15 is 0 Å². The molecule has 1 saturated heterocycles. The van der Waals surface area contributed by atoms with Crippen LogP contribution in [0, 0.1) is 0 Å². The molecule has 0 aliphatic carbocycles. The predicted octanol–water partition coefficient (Wildman–Crippen LogP) is 4.02. The van der Waals surface area contributed by atoms with Crippen molar-refractivity contribution >= 4 is 23.4 Å². The van der Waals surface area contributed by atoms with Gasteiger partial charge in [0, 0.05) is 30.6 Å². The summed E-state index contributed by atoms with van der Waals surface area (Å²) >= 11 is 5.90. The van der Waals surface area contributed by atoms with Crippen molar-refractivity contribution in [1.29, 1.82) is 0 Å². The lowest BCUT2D eigenvalue weighted by molar-refractivity contribution is -0.132. The van der Waals surface area contributed by atoms with Crippen LogP contribution in [-0.2, 0) is 22.4 Å². The van der Waals surface area contributed by atoms with Crippen LogP contribution in [0.5, 0.6) is 5.75 Å². The third kappa shape index (κ3) is 6.49. The molecule has 0 unspecified atom stereocenters. The number of nitrogens with one attached hydrogen (secondary N) is 1. The van der Waals surface area contributed by atoms with Gasteiger partial charge in [0.2, 0.25) is 5.91 Å². The Morgan fingerprint density at radius 1 is 1.10 bits per heavy atom. The van der Waals surface area contributed by atoms with Gasteiger partial charge in [-0.15, -0.1) is 0 Å². The zero-order chi connectivity index (χ0) is 21.3. The van der Waals surface area contributed by atoms with Crippen LogP contribution in [0.1, 0.15) is 37.3 Å². The number of hydrogen-bond acceptors (Lipinski definition) is 3. The summed E-state index contributed by atoms with van der Waals surface area (Å²) in [5.41, 5.74) is 2.20. The molecule has 1 aliphatic heterocycles. The fourth-order valence-corrected chi connectivity index (χ4v) is 3.81. The van der Waals surface area contributed by atoms with Crippen LogP contribution in [0.3, 0.4) is 0 Å². The van der Waals surface area contributed by atoms with E-state index in [0.717, 1.165) is 36.1 Å². The van der Waals surface area contributed by atoms with Gasteiger partial charge in [-0.2, -0.15) is 0 Å². The van der Waals surface area contributed by atoms with Crippen LogP contribution in [-0.4, -0.2) is 42.5 Å². The van der Waals surface area contributed by atoms with E-state index in [-0.39, 0.29) is 24.5 Å². The van der Waals surface area contributed by atoms with Gasteiger partial charge in [0.05, 0.1) is 0 Å². The molecule has 0 saturated carbocycles. The molecule has 0 atom stereocenters. The average molecular weight is 429 g/mol. The van der Waals surface area contributed by atoms with Gasteiger partial charge in [-0.1, -0.05) is 48.9 Å². The first-order valence-electron chi connectivity index (χ1n) is 10.6. The number of halogens is 1. The highest BCUT2D eigenvalue weighted by molar-refractivity contribution is 6.30. The van der Waals surface area contributed by atoms with E-state index in [2.05, 4.69) is 12.2 Å². The maximum absolute atomic E-state index is 12.5. The van der Waals surface area contributed by atoms with Crippen LogP contribution < -0.4 is 10.1 Å². The quantitative estimate of drug-likeness (QED) is 0.690. The lowest BCUT2D eigenvalue weighted by Gasteiger charge is -2.32. The minimum absolute atomic E-state index is 0.0112. The number of carbonyl (C=O) groups excluding carboxylic acids is 2. The predicted molar refractivity (Wildman–Crippen MR) is 119 cm³/mol. The summed E-state index contributed by atoms with van der Waals surface area (Å²) in [6.07, 6.45) is 3.60. The molecule has 5 nitrogen and oxygen atoms in total. The topological polar surface area (TPSA) is 58.6 Å². The number of carbonyl (C=O) groups is 2. The Morgan fingerprint density at radius 2 is 1.80 bits per heavy atom. The monoisotopic (exact) mass is 428 g/mol. The molecule has 2 aromatic rings. The number of hydrogen-bond donors (Lipinski definition) is 1. The van der Waals surface area contributed by atoms with E-state index in [0.29, 0.717) is 31.0 Å². The van der Waals surface area contributed by atoms with Gasteiger partial charge < -0.3 is 15.0 Å². The lowest BCUT2D eigenvalue weighted by Crippen LogP contribution is -2.47. The normalized spacial score (nSPS) is 14.4. The van der Waals surface area contributed by atoms with E-state index in [4.69, 9.17) is 16.3 Å². The maximum Gasteiger partial charge on any atom is 0.258 e. The molecule has 0 radical (unpaired) electrons. The SMILES string of the molecule is CCc1ccccc1OCC(=O)NC1CCN(C(=O)CCc2ccc(Cl)cc2)CC1. The van der Waals surface area contributed by atoms with Gasteiger partial charge in [0.25, 0.3) is 5.91 Å². The van der Waals surface area contributed by atoms with Crippen LogP contribution >= 0.6 is 11.6 Å².